The first-order valence-corrected chi connectivity index (χ1v) is 10.1. The average Bonchev–Trinajstić information content (AvgIpc) is 3.18. The highest BCUT2D eigenvalue weighted by Gasteiger charge is 2.14. The molecule has 1 fully saturated rings. The van der Waals surface area contributed by atoms with E-state index in [1.54, 1.807) is 16.6 Å². The molecule has 0 saturated carbocycles. The number of piperazine rings is 1. The molecule has 30 heavy (non-hydrogen) atoms. The maximum Gasteiger partial charge on any atom is 0.247 e. The first kappa shape index (κ1) is 18.6. The number of likely N-dealkylation sites (N-methyl/N-ethyl adjacent to an activating group) is 1. The smallest absolute Gasteiger partial charge is 0.247 e. The highest BCUT2D eigenvalue weighted by Crippen LogP contribution is 2.24. The number of pyridine rings is 1. The predicted molar refractivity (Wildman–Crippen MR) is 118 cm³/mol. The van der Waals surface area contributed by atoms with Crippen LogP contribution in [0.2, 0.25) is 0 Å². The molecular weight excluding hydrogens is 379 g/mol. The number of nitrogens with zero attached hydrogens (tertiary/aromatic N) is 5. The van der Waals surface area contributed by atoms with Gasteiger partial charge in [-0.05, 0) is 67.7 Å². The molecule has 2 aromatic carbocycles. The van der Waals surface area contributed by atoms with E-state index in [0.29, 0.717) is 5.95 Å². The van der Waals surface area contributed by atoms with Crippen LogP contribution in [0, 0.1) is 5.82 Å². The van der Waals surface area contributed by atoms with Crippen molar-refractivity contribution in [2.75, 3.05) is 43.4 Å². The van der Waals surface area contributed by atoms with Gasteiger partial charge in [0.2, 0.25) is 5.95 Å². The van der Waals surface area contributed by atoms with E-state index >= 15 is 0 Å². The van der Waals surface area contributed by atoms with Gasteiger partial charge in [-0.3, -0.25) is 0 Å². The van der Waals surface area contributed by atoms with Crippen molar-refractivity contribution in [3.8, 4) is 11.3 Å². The van der Waals surface area contributed by atoms with Crippen LogP contribution in [0.15, 0.2) is 66.7 Å². The SMILES string of the molecule is CN1CCN(c2ccc(Nc3nc4cccc(-c5ccc(F)cc5)n4n3)cc2)CC1. The van der Waals surface area contributed by atoms with Crippen molar-refractivity contribution >= 4 is 23.0 Å². The Hall–Kier alpha value is -3.45. The standard InChI is InChI=1S/C23H23FN6/c1-28-13-15-29(16-14-28)20-11-9-19(10-12-20)25-23-26-22-4-2-3-21(30(22)27-23)17-5-7-18(24)8-6-17/h2-12H,13-16H2,1H3,(H,25,27). The van der Waals surface area contributed by atoms with Crippen molar-refractivity contribution in [3.63, 3.8) is 0 Å². The van der Waals surface area contributed by atoms with Crippen LogP contribution >= 0.6 is 0 Å². The Morgan fingerprint density at radius 1 is 0.867 bits per heavy atom. The summed E-state index contributed by atoms with van der Waals surface area (Å²) in [6.45, 7) is 4.26. The lowest BCUT2D eigenvalue weighted by Gasteiger charge is -2.34. The lowest BCUT2D eigenvalue weighted by atomic mass is 10.1. The molecule has 152 valence electrons. The molecule has 0 amide bonds. The van der Waals surface area contributed by atoms with Crippen LogP contribution < -0.4 is 10.2 Å². The zero-order valence-electron chi connectivity index (χ0n) is 16.8. The molecule has 0 bridgehead atoms. The zero-order chi connectivity index (χ0) is 20.5. The van der Waals surface area contributed by atoms with Crippen LogP contribution in [-0.4, -0.2) is 52.7 Å². The monoisotopic (exact) mass is 402 g/mol. The molecule has 0 atom stereocenters. The van der Waals surface area contributed by atoms with Gasteiger partial charge in [0.05, 0.1) is 5.69 Å². The normalized spacial score (nSPS) is 14.9. The summed E-state index contributed by atoms with van der Waals surface area (Å²) in [6.07, 6.45) is 0. The Labute approximate surface area is 174 Å². The fourth-order valence-electron chi connectivity index (χ4n) is 3.75. The van der Waals surface area contributed by atoms with Crippen LogP contribution in [0.4, 0.5) is 21.7 Å². The number of aromatic nitrogens is 3. The summed E-state index contributed by atoms with van der Waals surface area (Å²) < 4.78 is 15.0. The second kappa shape index (κ2) is 7.76. The van der Waals surface area contributed by atoms with E-state index in [4.69, 9.17) is 0 Å². The molecule has 7 heteroatoms. The lowest BCUT2D eigenvalue weighted by Crippen LogP contribution is -2.44. The molecule has 6 nitrogen and oxygen atoms in total. The minimum absolute atomic E-state index is 0.258. The highest BCUT2D eigenvalue weighted by molar-refractivity contribution is 5.65. The first-order chi connectivity index (χ1) is 14.7. The summed E-state index contributed by atoms with van der Waals surface area (Å²) in [6, 6.07) is 20.5. The van der Waals surface area contributed by atoms with Gasteiger partial charge in [-0.15, -0.1) is 5.10 Å². The molecule has 3 heterocycles. The molecule has 1 N–H and O–H groups in total. The van der Waals surface area contributed by atoms with Crippen molar-refractivity contribution in [2.24, 2.45) is 0 Å². The van der Waals surface area contributed by atoms with E-state index in [-0.39, 0.29) is 5.82 Å². The van der Waals surface area contributed by atoms with Crippen molar-refractivity contribution in [3.05, 3.63) is 72.5 Å². The van der Waals surface area contributed by atoms with Gasteiger partial charge in [0.25, 0.3) is 0 Å². The average molecular weight is 402 g/mol. The van der Waals surface area contributed by atoms with Gasteiger partial charge >= 0.3 is 0 Å². The first-order valence-electron chi connectivity index (χ1n) is 10.1. The van der Waals surface area contributed by atoms with Gasteiger partial charge < -0.3 is 15.1 Å². The van der Waals surface area contributed by atoms with Gasteiger partial charge in [-0.1, -0.05) is 6.07 Å². The number of hydrogen-bond acceptors (Lipinski definition) is 5. The minimum atomic E-state index is -0.258. The largest absolute Gasteiger partial charge is 0.369 e. The molecule has 0 spiro atoms. The van der Waals surface area contributed by atoms with Crippen molar-refractivity contribution in [2.45, 2.75) is 0 Å². The Morgan fingerprint density at radius 3 is 2.33 bits per heavy atom. The molecule has 0 radical (unpaired) electrons. The quantitative estimate of drug-likeness (QED) is 0.559. The molecule has 1 saturated heterocycles. The summed E-state index contributed by atoms with van der Waals surface area (Å²) in [5, 5.41) is 7.90. The van der Waals surface area contributed by atoms with Gasteiger partial charge in [0.1, 0.15) is 5.82 Å². The summed E-state index contributed by atoms with van der Waals surface area (Å²) >= 11 is 0. The van der Waals surface area contributed by atoms with Crippen molar-refractivity contribution in [1.29, 1.82) is 0 Å². The van der Waals surface area contributed by atoms with Crippen LogP contribution in [0.3, 0.4) is 0 Å². The number of anilines is 3. The fraction of sp³-hybridized carbons (Fsp3) is 0.217. The van der Waals surface area contributed by atoms with E-state index < -0.39 is 0 Å². The number of hydrogen-bond donors (Lipinski definition) is 1. The Kier molecular flexibility index (Phi) is 4.80. The molecule has 4 aromatic rings. The van der Waals surface area contributed by atoms with Crippen molar-refractivity contribution in [1.82, 2.24) is 19.5 Å². The Morgan fingerprint density at radius 2 is 1.60 bits per heavy atom. The number of benzene rings is 2. The predicted octanol–water partition coefficient (Wildman–Crippen LogP) is 4.03. The number of fused-ring (bicyclic) bond motifs is 1. The van der Waals surface area contributed by atoms with E-state index in [1.807, 2.05) is 18.2 Å². The van der Waals surface area contributed by atoms with Crippen LogP contribution in [0.25, 0.3) is 16.9 Å². The second-order valence-electron chi connectivity index (χ2n) is 7.59. The van der Waals surface area contributed by atoms with Crippen LogP contribution in [-0.2, 0) is 0 Å². The van der Waals surface area contributed by atoms with Gasteiger partial charge in [0.15, 0.2) is 5.65 Å². The van der Waals surface area contributed by atoms with Gasteiger partial charge in [0, 0.05) is 43.1 Å². The highest BCUT2D eigenvalue weighted by atomic mass is 19.1. The van der Waals surface area contributed by atoms with Gasteiger partial charge in [-0.25, -0.2) is 8.91 Å². The van der Waals surface area contributed by atoms with E-state index in [2.05, 4.69) is 56.5 Å². The summed E-state index contributed by atoms with van der Waals surface area (Å²) in [5.41, 5.74) is 4.64. The molecule has 1 aliphatic heterocycles. The fourth-order valence-corrected chi connectivity index (χ4v) is 3.75. The van der Waals surface area contributed by atoms with Gasteiger partial charge in [-0.2, -0.15) is 4.98 Å². The van der Waals surface area contributed by atoms with Crippen LogP contribution in [0.5, 0.6) is 0 Å². The Balaban J connectivity index is 1.37. The number of halogens is 1. The summed E-state index contributed by atoms with van der Waals surface area (Å²) in [7, 11) is 2.16. The zero-order valence-corrected chi connectivity index (χ0v) is 16.8. The number of rotatable bonds is 4. The minimum Gasteiger partial charge on any atom is -0.369 e. The molecule has 1 aliphatic rings. The van der Waals surface area contributed by atoms with E-state index in [9.17, 15) is 4.39 Å². The second-order valence-corrected chi connectivity index (χ2v) is 7.59. The molecule has 5 rings (SSSR count). The lowest BCUT2D eigenvalue weighted by molar-refractivity contribution is 0.313. The topological polar surface area (TPSA) is 48.7 Å². The maximum atomic E-state index is 13.3. The maximum absolute atomic E-state index is 13.3. The molecule has 0 aliphatic carbocycles. The Bertz CT molecular complexity index is 1140. The van der Waals surface area contributed by atoms with E-state index in [1.165, 1.54) is 17.8 Å². The summed E-state index contributed by atoms with van der Waals surface area (Å²) in [5.74, 6) is 0.267. The molecule has 2 aromatic heterocycles. The third-order valence-corrected chi connectivity index (χ3v) is 5.49. The third-order valence-electron chi connectivity index (χ3n) is 5.49. The van der Waals surface area contributed by atoms with Crippen molar-refractivity contribution < 1.29 is 4.39 Å². The van der Waals surface area contributed by atoms with Crippen LogP contribution in [0.1, 0.15) is 0 Å². The molecule has 0 unspecified atom stereocenters. The number of nitrogens with one attached hydrogen (secondary N) is 1. The van der Waals surface area contributed by atoms with E-state index in [0.717, 1.165) is 48.8 Å². The molecular formula is C23H23FN6. The summed E-state index contributed by atoms with van der Waals surface area (Å²) in [4.78, 5) is 9.34. The third kappa shape index (κ3) is 3.71.